The molecular formula is C17H24ClNO. The molecule has 0 saturated heterocycles. The van der Waals surface area contributed by atoms with Crippen LogP contribution in [0.2, 0.25) is 0 Å². The van der Waals surface area contributed by atoms with Crippen LogP contribution in [0.15, 0.2) is 49.6 Å². The predicted molar refractivity (Wildman–Crippen MR) is 87.7 cm³/mol. The van der Waals surface area contributed by atoms with E-state index in [1.165, 1.54) is 0 Å². The highest BCUT2D eigenvalue weighted by Crippen LogP contribution is 2.24. The standard InChI is InChI=1S/C17H24ClNO/c1-4-11-19(12-5-2)14-17(18)15-7-9-16(10-8-15)20-13-6-3/h4-5,7-10,17H,1-2,6,11-14H2,3H3. The van der Waals surface area contributed by atoms with E-state index in [9.17, 15) is 0 Å². The summed E-state index contributed by atoms with van der Waals surface area (Å²) < 4.78 is 5.57. The molecule has 0 amide bonds. The first-order valence-electron chi connectivity index (χ1n) is 7.02. The fourth-order valence-corrected chi connectivity index (χ4v) is 2.25. The zero-order valence-corrected chi connectivity index (χ0v) is 13.0. The third kappa shape index (κ3) is 5.81. The van der Waals surface area contributed by atoms with E-state index >= 15 is 0 Å². The molecule has 0 aliphatic carbocycles. The van der Waals surface area contributed by atoms with E-state index in [0.717, 1.165) is 44.0 Å². The van der Waals surface area contributed by atoms with Crippen LogP contribution in [-0.4, -0.2) is 31.1 Å². The van der Waals surface area contributed by atoms with Gasteiger partial charge in [0.2, 0.25) is 0 Å². The Bertz CT molecular complexity index is 392. The summed E-state index contributed by atoms with van der Waals surface area (Å²) in [6.07, 6.45) is 4.78. The number of halogens is 1. The summed E-state index contributed by atoms with van der Waals surface area (Å²) in [5, 5.41) is -0.0462. The summed E-state index contributed by atoms with van der Waals surface area (Å²) in [4.78, 5) is 2.21. The lowest BCUT2D eigenvalue weighted by atomic mass is 10.1. The van der Waals surface area contributed by atoms with Gasteiger partial charge in [0.05, 0.1) is 12.0 Å². The molecule has 0 N–H and O–H groups in total. The molecule has 1 aromatic carbocycles. The average molecular weight is 294 g/mol. The van der Waals surface area contributed by atoms with Gasteiger partial charge in [0, 0.05) is 19.6 Å². The highest BCUT2D eigenvalue weighted by atomic mass is 35.5. The molecule has 1 rings (SSSR count). The molecule has 1 atom stereocenters. The molecule has 0 radical (unpaired) electrons. The van der Waals surface area contributed by atoms with Gasteiger partial charge in [-0.25, -0.2) is 0 Å². The minimum absolute atomic E-state index is 0.0462. The molecule has 0 heterocycles. The summed E-state index contributed by atoms with van der Waals surface area (Å²) in [5.41, 5.74) is 1.11. The summed E-state index contributed by atoms with van der Waals surface area (Å²) in [6, 6.07) is 8.02. The topological polar surface area (TPSA) is 12.5 Å². The molecule has 1 aromatic rings. The van der Waals surface area contributed by atoms with E-state index in [-0.39, 0.29) is 5.38 Å². The van der Waals surface area contributed by atoms with Gasteiger partial charge < -0.3 is 4.74 Å². The number of hydrogen-bond donors (Lipinski definition) is 0. The van der Waals surface area contributed by atoms with Crippen LogP contribution in [0, 0.1) is 0 Å². The van der Waals surface area contributed by atoms with Gasteiger partial charge in [-0.15, -0.1) is 24.8 Å². The van der Waals surface area contributed by atoms with Crippen molar-refractivity contribution >= 4 is 11.6 Å². The Kier molecular flexibility index (Phi) is 8.08. The van der Waals surface area contributed by atoms with Crippen molar-refractivity contribution in [2.75, 3.05) is 26.2 Å². The van der Waals surface area contributed by atoms with Crippen LogP contribution in [0.25, 0.3) is 0 Å². The zero-order valence-electron chi connectivity index (χ0n) is 12.2. The van der Waals surface area contributed by atoms with Crippen molar-refractivity contribution in [2.24, 2.45) is 0 Å². The highest BCUT2D eigenvalue weighted by molar-refractivity contribution is 6.21. The average Bonchev–Trinajstić information content (AvgIpc) is 2.46. The predicted octanol–water partition coefficient (Wildman–Crippen LogP) is 4.43. The largest absolute Gasteiger partial charge is 0.494 e. The Morgan fingerprint density at radius 3 is 2.30 bits per heavy atom. The Labute approximate surface area is 127 Å². The molecule has 0 spiro atoms. The quantitative estimate of drug-likeness (QED) is 0.467. The lowest BCUT2D eigenvalue weighted by molar-refractivity contribution is 0.317. The van der Waals surface area contributed by atoms with Crippen molar-refractivity contribution in [1.82, 2.24) is 4.90 Å². The van der Waals surface area contributed by atoms with Crippen LogP contribution in [-0.2, 0) is 0 Å². The number of nitrogens with zero attached hydrogens (tertiary/aromatic N) is 1. The van der Waals surface area contributed by atoms with E-state index in [4.69, 9.17) is 16.3 Å². The van der Waals surface area contributed by atoms with Gasteiger partial charge in [0.15, 0.2) is 0 Å². The second-order valence-electron chi connectivity index (χ2n) is 4.68. The van der Waals surface area contributed by atoms with Crippen LogP contribution >= 0.6 is 11.6 Å². The van der Waals surface area contributed by atoms with Crippen LogP contribution in [0.1, 0.15) is 24.3 Å². The monoisotopic (exact) mass is 293 g/mol. The molecule has 0 aliphatic heterocycles. The van der Waals surface area contributed by atoms with Crippen LogP contribution in [0.3, 0.4) is 0 Å². The minimum Gasteiger partial charge on any atom is -0.494 e. The van der Waals surface area contributed by atoms with E-state index < -0.39 is 0 Å². The van der Waals surface area contributed by atoms with Gasteiger partial charge in [0.25, 0.3) is 0 Å². The maximum absolute atomic E-state index is 6.48. The number of rotatable bonds is 10. The third-order valence-electron chi connectivity index (χ3n) is 2.91. The van der Waals surface area contributed by atoms with Crippen LogP contribution in [0.5, 0.6) is 5.75 Å². The first kappa shape index (κ1) is 16.8. The maximum Gasteiger partial charge on any atom is 0.119 e. The lowest BCUT2D eigenvalue weighted by Gasteiger charge is -2.22. The summed E-state index contributed by atoms with van der Waals surface area (Å²) in [6.45, 7) is 12.8. The van der Waals surface area contributed by atoms with E-state index in [0.29, 0.717) is 0 Å². The van der Waals surface area contributed by atoms with Gasteiger partial charge >= 0.3 is 0 Å². The summed E-state index contributed by atoms with van der Waals surface area (Å²) >= 11 is 6.48. The zero-order chi connectivity index (χ0) is 14.8. The van der Waals surface area contributed by atoms with Gasteiger partial charge in [0.1, 0.15) is 5.75 Å². The van der Waals surface area contributed by atoms with Crippen molar-refractivity contribution in [3.63, 3.8) is 0 Å². The number of benzene rings is 1. The highest BCUT2D eigenvalue weighted by Gasteiger charge is 2.12. The molecule has 0 aliphatic rings. The van der Waals surface area contributed by atoms with Crippen molar-refractivity contribution in [3.05, 3.63) is 55.1 Å². The van der Waals surface area contributed by atoms with E-state index in [1.807, 2.05) is 36.4 Å². The SMILES string of the molecule is C=CCN(CC=C)CC(Cl)c1ccc(OCCC)cc1. The molecule has 2 nitrogen and oxygen atoms in total. The molecule has 0 saturated carbocycles. The van der Waals surface area contributed by atoms with E-state index in [1.54, 1.807) is 0 Å². The fraction of sp³-hybridized carbons (Fsp3) is 0.412. The van der Waals surface area contributed by atoms with Crippen LogP contribution < -0.4 is 4.74 Å². The molecule has 0 bridgehead atoms. The Hall–Kier alpha value is -1.25. The Morgan fingerprint density at radius 2 is 1.80 bits per heavy atom. The molecule has 1 unspecified atom stereocenters. The third-order valence-corrected chi connectivity index (χ3v) is 3.30. The maximum atomic E-state index is 6.48. The van der Waals surface area contributed by atoms with Gasteiger partial charge in [-0.05, 0) is 24.1 Å². The Balaban J connectivity index is 2.59. The molecule has 3 heteroatoms. The van der Waals surface area contributed by atoms with E-state index in [2.05, 4.69) is 25.0 Å². The van der Waals surface area contributed by atoms with Gasteiger partial charge in [-0.2, -0.15) is 0 Å². The smallest absolute Gasteiger partial charge is 0.119 e. The lowest BCUT2D eigenvalue weighted by Crippen LogP contribution is -2.27. The molecule has 0 fully saturated rings. The van der Waals surface area contributed by atoms with Crippen molar-refractivity contribution in [1.29, 1.82) is 0 Å². The molecule has 20 heavy (non-hydrogen) atoms. The second kappa shape index (κ2) is 9.62. The first-order chi connectivity index (χ1) is 9.71. The molecule has 0 aromatic heterocycles. The second-order valence-corrected chi connectivity index (χ2v) is 5.21. The summed E-state index contributed by atoms with van der Waals surface area (Å²) in [7, 11) is 0. The number of hydrogen-bond acceptors (Lipinski definition) is 2. The van der Waals surface area contributed by atoms with Crippen molar-refractivity contribution in [3.8, 4) is 5.75 Å². The van der Waals surface area contributed by atoms with Crippen molar-refractivity contribution in [2.45, 2.75) is 18.7 Å². The molecular weight excluding hydrogens is 270 g/mol. The van der Waals surface area contributed by atoms with Crippen LogP contribution in [0.4, 0.5) is 0 Å². The number of alkyl halides is 1. The Morgan fingerprint density at radius 1 is 1.20 bits per heavy atom. The number of ether oxygens (including phenoxy) is 1. The minimum atomic E-state index is -0.0462. The first-order valence-corrected chi connectivity index (χ1v) is 7.45. The van der Waals surface area contributed by atoms with Gasteiger partial charge in [-0.1, -0.05) is 31.2 Å². The van der Waals surface area contributed by atoms with Crippen molar-refractivity contribution < 1.29 is 4.74 Å². The molecule has 110 valence electrons. The fourth-order valence-electron chi connectivity index (χ4n) is 1.91. The summed E-state index contributed by atoms with van der Waals surface area (Å²) in [5.74, 6) is 0.897. The van der Waals surface area contributed by atoms with Gasteiger partial charge in [-0.3, -0.25) is 4.90 Å². The normalized spacial score (nSPS) is 12.2.